The van der Waals surface area contributed by atoms with Crippen molar-refractivity contribution in [2.75, 3.05) is 9.80 Å². The maximum atomic E-state index is 4.61. The van der Waals surface area contributed by atoms with E-state index in [0.717, 1.165) is 23.0 Å². The van der Waals surface area contributed by atoms with E-state index < -0.39 is 0 Å². The highest BCUT2D eigenvalue weighted by molar-refractivity contribution is 5.84. The maximum absolute atomic E-state index is 4.61. The van der Waals surface area contributed by atoms with Crippen LogP contribution in [0.5, 0.6) is 0 Å². The van der Waals surface area contributed by atoms with Crippen molar-refractivity contribution >= 4 is 23.0 Å². The van der Waals surface area contributed by atoms with Crippen molar-refractivity contribution in [2.24, 2.45) is 0 Å². The Balaban J connectivity index is 1.93. The molecule has 1 atom stereocenters. The van der Waals surface area contributed by atoms with E-state index in [1.165, 1.54) is 5.56 Å². The van der Waals surface area contributed by atoms with Crippen molar-refractivity contribution < 1.29 is 0 Å². The predicted octanol–water partition coefficient (Wildman–Crippen LogP) is 4.59. The summed E-state index contributed by atoms with van der Waals surface area (Å²) in [5.41, 5.74) is 3.37. The first kappa shape index (κ1) is 14.5. The van der Waals surface area contributed by atoms with Gasteiger partial charge in [-0.3, -0.25) is 9.80 Å². The summed E-state index contributed by atoms with van der Waals surface area (Å²) in [5, 5.41) is 0. The molecule has 1 unspecified atom stereocenters. The second-order valence-corrected chi connectivity index (χ2v) is 5.71. The fourth-order valence-electron chi connectivity index (χ4n) is 3.19. The predicted molar refractivity (Wildman–Crippen MR) is 97.9 cm³/mol. The summed E-state index contributed by atoms with van der Waals surface area (Å²) in [6, 6.07) is 18.5. The Morgan fingerprint density at radius 1 is 0.875 bits per heavy atom. The third kappa shape index (κ3) is 2.15. The van der Waals surface area contributed by atoms with Gasteiger partial charge in [-0.05, 0) is 36.8 Å². The summed E-state index contributed by atoms with van der Waals surface area (Å²) in [4.78, 5) is 13.6. The van der Waals surface area contributed by atoms with Gasteiger partial charge >= 0.3 is 0 Å². The molecule has 0 radical (unpaired) electrons. The van der Waals surface area contributed by atoms with E-state index in [1.54, 1.807) is 12.4 Å². The van der Waals surface area contributed by atoms with E-state index in [2.05, 4.69) is 57.5 Å². The molecule has 2 heterocycles. The minimum Gasteiger partial charge on any atom is -0.298 e. The number of para-hydroxylation sites is 2. The zero-order chi connectivity index (χ0) is 16.5. The molecule has 0 saturated carbocycles. The summed E-state index contributed by atoms with van der Waals surface area (Å²) in [6.07, 6.45) is 5.32. The number of hydrogen-bond acceptors (Lipinski definition) is 4. The number of benzene rings is 2. The highest BCUT2D eigenvalue weighted by Gasteiger charge is 2.38. The van der Waals surface area contributed by atoms with Crippen LogP contribution in [0.4, 0.5) is 23.0 Å². The molecular weight excluding hydrogens is 296 g/mol. The van der Waals surface area contributed by atoms with E-state index in [0.29, 0.717) is 0 Å². The van der Waals surface area contributed by atoms with Gasteiger partial charge in [0.1, 0.15) is 6.17 Å². The fraction of sp³-hybridized carbons (Fsp3) is 0.100. The molecular formula is C20H18N4. The maximum Gasteiger partial charge on any atom is 0.178 e. The summed E-state index contributed by atoms with van der Waals surface area (Å²) in [7, 11) is 0. The summed E-state index contributed by atoms with van der Waals surface area (Å²) >= 11 is 0. The number of anilines is 4. The minimum absolute atomic E-state index is 0.0779. The first-order chi connectivity index (χ1) is 11.8. The first-order valence-corrected chi connectivity index (χ1v) is 7.94. The summed E-state index contributed by atoms with van der Waals surface area (Å²) < 4.78 is 0. The standard InChI is InChI=1S/C20H18N4/c1-3-18-23(16-10-5-4-6-11-16)19-20(22-14-13-21-19)24(18)17-12-8-7-9-15(17)2/h3-14,18H,1H2,2H3. The highest BCUT2D eigenvalue weighted by Crippen LogP contribution is 2.45. The number of aromatic nitrogens is 2. The Morgan fingerprint density at radius 3 is 2.17 bits per heavy atom. The highest BCUT2D eigenvalue weighted by atomic mass is 15.5. The Labute approximate surface area is 141 Å². The average molecular weight is 314 g/mol. The van der Waals surface area contributed by atoms with E-state index >= 15 is 0 Å². The van der Waals surface area contributed by atoms with Crippen LogP contribution >= 0.6 is 0 Å². The third-order valence-corrected chi connectivity index (χ3v) is 4.27. The molecule has 0 fully saturated rings. The van der Waals surface area contributed by atoms with Crippen LogP contribution in [0.15, 0.2) is 79.6 Å². The Morgan fingerprint density at radius 2 is 1.50 bits per heavy atom. The largest absolute Gasteiger partial charge is 0.298 e. The van der Waals surface area contributed by atoms with Gasteiger partial charge in [-0.25, -0.2) is 9.97 Å². The molecule has 118 valence electrons. The summed E-state index contributed by atoms with van der Waals surface area (Å²) in [5.74, 6) is 1.69. The molecule has 1 aromatic heterocycles. The fourth-order valence-corrected chi connectivity index (χ4v) is 3.19. The molecule has 1 aliphatic heterocycles. The van der Waals surface area contributed by atoms with Gasteiger partial charge in [0.2, 0.25) is 0 Å². The third-order valence-electron chi connectivity index (χ3n) is 4.27. The van der Waals surface area contributed by atoms with Crippen LogP contribution in [0.3, 0.4) is 0 Å². The van der Waals surface area contributed by atoms with Crippen LogP contribution in [0.1, 0.15) is 5.56 Å². The molecule has 0 saturated heterocycles. The van der Waals surface area contributed by atoms with Crippen LogP contribution in [-0.4, -0.2) is 16.1 Å². The van der Waals surface area contributed by atoms with Gasteiger partial charge in [-0.15, -0.1) is 0 Å². The van der Waals surface area contributed by atoms with Crippen LogP contribution in [0.25, 0.3) is 0 Å². The van der Waals surface area contributed by atoms with Gasteiger partial charge in [0.15, 0.2) is 11.6 Å². The lowest BCUT2D eigenvalue weighted by atomic mass is 10.1. The quantitative estimate of drug-likeness (QED) is 0.662. The normalized spacial score (nSPS) is 16.1. The number of fused-ring (bicyclic) bond motifs is 1. The second kappa shape index (κ2) is 5.81. The van der Waals surface area contributed by atoms with E-state index in [9.17, 15) is 0 Å². The Kier molecular flexibility index (Phi) is 3.50. The van der Waals surface area contributed by atoms with Crippen LogP contribution < -0.4 is 9.80 Å². The smallest absolute Gasteiger partial charge is 0.178 e. The van der Waals surface area contributed by atoms with Gasteiger partial charge < -0.3 is 0 Å². The molecule has 24 heavy (non-hydrogen) atoms. The van der Waals surface area contributed by atoms with Gasteiger partial charge in [-0.1, -0.05) is 43.0 Å². The van der Waals surface area contributed by atoms with Crippen LogP contribution in [0, 0.1) is 6.92 Å². The van der Waals surface area contributed by atoms with Gasteiger partial charge in [0.25, 0.3) is 0 Å². The summed E-state index contributed by atoms with van der Waals surface area (Å²) in [6.45, 7) is 6.18. The van der Waals surface area contributed by atoms with Gasteiger partial charge in [-0.2, -0.15) is 0 Å². The molecule has 4 rings (SSSR count). The average Bonchev–Trinajstić information content (AvgIpc) is 2.97. The molecule has 0 amide bonds. The molecule has 4 nitrogen and oxygen atoms in total. The van der Waals surface area contributed by atoms with E-state index in [1.807, 2.05) is 36.4 Å². The molecule has 4 heteroatoms. The molecule has 0 N–H and O–H groups in total. The monoisotopic (exact) mass is 314 g/mol. The lowest BCUT2D eigenvalue weighted by Gasteiger charge is -2.30. The zero-order valence-corrected chi connectivity index (χ0v) is 13.5. The Hall–Kier alpha value is -3.14. The number of rotatable bonds is 3. The van der Waals surface area contributed by atoms with Crippen molar-refractivity contribution in [3.05, 3.63) is 85.2 Å². The van der Waals surface area contributed by atoms with Crippen LogP contribution in [0.2, 0.25) is 0 Å². The number of hydrogen-bond donors (Lipinski definition) is 0. The van der Waals surface area contributed by atoms with E-state index in [-0.39, 0.29) is 6.17 Å². The van der Waals surface area contributed by atoms with Crippen molar-refractivity contribution in [3.8, 4) is 0 Å². The molecule has 0 aliphatic carbocycles. The Bertz CT molecular complexity index is 876. The molecule has 0 spiro atoms. The number of nitrogens with zero attached hydrogens (tertiary/aromatic N) is 4. The van der Waals surface area contributed by atoms with Crippen molar-refractivity contribution in [1.82, 2.24) is 9.97 Å². The van der Waals surface area contributed by atoms with Crippen LogP contribution in [-0.2, 0) is 0 Å². The topological polar surface area (TPSA) is 32.3 Å². The minimum atomic E-state index is -0.0779. The van der Waals surface area contributed by atoms with Gasteiger partial charge in [0, 0.05) is 23.8 Å². The lowest BCUT2D eigenvalue weighted by molar-refractivity contribution is 0.824. The lowest BCUT2D eigenvalue weighted by Crippen LogP contribution is -2.36. The molecule has 3 aromatic rings. The SMILES string of the molecule is C=CC1N(c2ccccc2)c2nccnc2N1c1ccccc1C. The number of aryl methyl sites for hydroxylation is 1. The molecule has 1 aliphatic rings. The first-order valence-electron chi connectivity index (χ1n) is 7.94. The molecule has 2 aromatic carbocycles. The van der Waals surface area contributed by atoms with Crippen molar-refractivity contribution in [2.45, 2.75) is 13.1 Å². The molecule has 0 bridgehead atoms. The zero-order valence-electron chi connectivity index (χ0n) is 13.5. The van der Waals surface area contributed by atoms with Crippen molar-refractivity contribution in [3.63, 3.8) is 0 Å². The van der Waals surface area contributed by atoms with Gasteiger partial charge in [0.05, 0.1) is 0 Å². The van der Waals surface area contributed by atoms with Crippen molar-refractivity contribution in [1.29, 1.82) is 0 Å². The second-order valence-electron chi connectivity index (χ2n) is 5.71. The van der Waals surface area contributed by atoms with E-state index in [4.69, 9.17) is 0 Å².